The number of nitrogens with zero attached hydrogens (tertiary/aromatic N) is 3. The van der Waals surface area contributed by atoms with Crippen LogP contribution in [0.25, 0.3) is 0 Å². The first-order chi connectivity index (χ1) is 8.22. The van der Waals surface area contributed by atoms with Crippen molar-refractivity contribution in [2.45, 2.75) is 26.2 Å². The predicted octanol–water partition coefficient (Wildman–Crippen LogP) is 0.0676. The Kier molecular flexibility index (Phi) is 6.96. The number of nitrogens with two attached hydrogens (primary N) is 2. The fourth-order valence-corrected chi connectivity index (χ4v) is 2.14. The molecule has 17 heavy (non-hydrogen) atoms. The highest BCUT2D eigenvalue weighted by Crippen LogP contribution is 2.04. The number of unbranched alkanes of at least 4 members (excludes halogenated alkanes) is 2. The summed E-state index contributed by atoms with van der Waals surface area (Å²) in [4.78, 5) is 9.01. The number of hydrogen-bond acceptors (Lipinski definition) is 3. The Bertz CT molecular complexity index is 217. The maximum absolute atomic E-state index is 5.30. The van der Waals surface area contributed by atoms with Crippen molar-refractivity contribution in [3.05, 3.63) is 0 Å². The van der Waals surface area contributed by atoms with Crippen molar-refractivity contribution >= 4 is 5.96 Å². The van der Waals surface area contributed by atoms with Gasteiger partial charge in [0.05, 0.1) is 6.54 Å². The van der Waals surface area contributed by atoms with E-state index in [1.54, 1.807) is 0 Å². The third-order valence-electron chi connectivity index (χ3n) is 3.25. The first-order valence-corrected chi connectivity index (χ1v) is 6.72. The van der Waals surface area contributed by atoms with E-state index in [4.69, 9.17) is 11.5 Å². The van der Waals surface area contributed by atoms with Crippen LogP contribution < -0.4 is 11.5 Å². The van der Waals surface area contributed by atoms with Crippen LogP contribution in [0.4, 0.5) is 0 Å². The summed E-state index contributed by atoms with van der Waals surface area (Å²) in [6.07, 6.45) is 3.99. The number of rotatable bonds is 7. The maximum Gasteiger partial charge on any atom is 0.185 e. The molecule has 0 bridgehead atoms. The van der Waals surface area contributed by atoms with Crippen molar-refractivity contribution in [2.75, 3.05) is 45.8 Å². The van der Waals surface area contributed by atoms with E-state index < -0.39 is 0 Å². The van der Waals surface area contributed by atoms with Gasteiger partial charge in [-0.1, -0.05) is 19.8 Å². The van der Waals surface area contributed by atoms with Crippen LogP contribution in [0.2, 0.25) is 0 Å². The summed E-state index contributed by atoms with van der Waals surface area (Å²) in [5, 5.41) is 0. The number of hydrogen-bond donors (Lipinski definition) is 2. The van der Waals surface area contributed by atoms with Gasteiger partial charge in [0.1, 0.15) is 0 Å². The second-order valence-corrected chi connectivity index (χ2v) is 4.70. The van der Waals surface area contributed by atoms with E-state index in [2.05, 4.69) is 21.7 Å². The largest absolute Gasteiger partial charge is 0.370 e. The number of guanidine groups is 1. The second kappa shape index (κ2) is 8.31. The van der Waals surface area contributed by atoms with E-state index in [0.717, 1.165) is 26.2 Å². The van der Waals surface area contributed by atoms with Crippen molar-refractivity contribution in [3.8, 4) is 0 Å². The molecule has 100 valence electrons. The van der Waals surface area contributed by atoms with Gasteiger partial charge in [-0.2, -0.15) is 0 Å². The summed E-state index contributed by atoms with van der Waals surface area (Å²) in [5.74, 6) is 0.197. The molecule has 1 aliphatic heterocycles. The Morgan fingerprint density at radius 3 is 2.12 bits per heavy atom. The molecule has 1 saturated heterocycles. The normalized spacial score (nSPS) is 18.2. The molecule has 1 aliphatic rings. The van der Waals surface area contributed by atoms with Crippen LogP contribution in [-0.2, 0) is 0 Å². The van der Waals surface area contributed by atoms with Crippen LogP contribution in [0.5, 0.6) is 0 Å². The summed E-state index contributed by atoms with van der Waals surface area (Å²) in [6, 6.07) is 0. The number of piperazine rings is 1. The average Bonchev–Trinajstić information content (AvgIpc) is 2.31. The molecule has 5 heteroatoms. The van der Waals surface area contributed by atoms with Crippen LogP contribution in [0.15, 0.2) is 4.99 Å². The van der Waals surface area contributed by atoms with Crippen LogP contribution >= 0.6 is 0 Å². The van der Waals surface area contributed by atoms with Gasteiger partial charge in [-0.3, -0.25) is 9.89 Å². The van der Waals surface area contributed by atoms with E-state index in [0.29, 0.717) is 0 Å². The van der Waals surface area contributed by atoms with Gasteiger partial charge in [0, 0.05) is 32.7 Å². The predicted molar refractivity (Wildman–Crippen MR) is 73.1 cm³/mol. The summed E-state index contributed by atoms with van der Waals surface area (Å²) in [5.41, 5.74) is 10.6. The zero-order valence-electron chi connectivity index (χ0n) is 11.1. The molecule has 0 aromatic rings. The quantitative estimate of drug-likeness (QED) is 0.376. The Labute approximate surface area is 105 Å². The average molecular weight is 241 g/mol. The van der Waals surface area contributed by atoms with Crippen LogP contribution in [0.3, 0.4) is 0 Å². The van der Waals surface area contributed by atoms with Gasteiger partial charge >= 0.3 is 0 Å². The highest BCUT2D eigenvalue weighted by Gasteiger charge is 2.15. The molecule has 0 aromatic carbocycles. The van der Waals surface area contributed by atoms with Gasteiger partial charge in [-0.15, -0.1) is 0 Å². The summed E-state index contributed by atoms with van der Waals surface area (Å²) in [7, 11) is 0. The molecule has 1 rings (SSSR count). The molecule has 5 nitrogen and oxygen atoms in total. The van der Waals surface area contributed by atoms with Crippen LogP contribution in [0.1, 0.15) is 26.2 Å². The Morgan fingerprint density at radius 1 is 1.00 bits per heavy atom. The molecule has 0 atom stereocenters. The van der Waals surface area contributed by atoms with Gasteiger partial charge in [-0.05, 0) is 13.0 Å². The molecule has 0 spiro atoms. The van der Waals surface area contributed by atoms with E-state index in [-0.39, 0.29) is 5.96 Å². The lowest BCUT2D eigenvalue weighted by molar-refractivity contribution is 0.133. The van der Waals surface area contributed by atoms with Crippen molar-refractivity contribution in [3.63, 3.8) is 0 Å². The van der Waals surface area contributed by atoms with E-state index in [9.17, 15) is 0 Å². The molecular formula is C12H27N5. The smallest absolute Gasteiger partial charge is 0.185 e. The van der Waals surface area contributed by atoms with Gasteiger partial charge < -0.3 is 16.4 Å². The maximum atomic E-state index is 5.30. The molecule has 0 saturated carbocycles. The second-order valence-electron chi connectivity index (χ2n) is 4.70. The Morgan fingerprint density at radius 2 is 1.59 bits per heavy atom. The fraction of sp³-hybridized carbons (Fsp3) is 0.917. The summed E-state index contributed by atoms with van der Waals surface area (Å²) in [6.45, 7) is 9.87. The first kappa shape index (κ1) is 14.3. The van der Waals surface area contributed by atoms with Gasteiger partial charge in [0.2, 0.25) is 0 Å². The van der Waals surface area contributed by atoms with Crippen molar-refractivity contribution in [2.24, 2.45) is 16.5 Å². The molecule has 0 amide bonds. The van der Waals surface area contributed by atoms with Crippen molar-refractivity contribution in [1.29, 1.82) is 0 Å². The highest BCUT2D eigenvalue weighted by atomic mass is 15.3. The Balaban J connectivity index is 2.07. The lowest BCUT2D eigenvalue weighted by Gasteiger charge is -2.34. The topological polar surface area (TPSA) is 70.9 Å². The fourth-order valence-electron chi connectivity index (χ4n) is 2.14. The molecule has 0 aliphatic carbocycles. The van der Waals surface area contributed by atoms with E-state index in [1.807, 2.05) is 0 Å². The zero-order chi connectivity index (χ0) is 12.5. The Hall–Kier alpha value is -0.810. The first-order valence-electron chi connectivity index (χ1n) is 6.72. The summed E-state index contributed by atoms with van der Waals surface area (Å²) >= 11 is 0. The molecule has 1 fully saturated rings. The summed E-state index contributed by atoms with van der Waals surface area (Å²) < 4.78 is 0. The minimum Gasteiger partial charge on any atom is -0.370 e. The molecule has 4 N–H and O–H groups in total. The van der Waals surface area contributed by atoms with Gasteiger partial charge in [0.25, 0.3) is 0 Å². The van der Waals surface area contributed by atoms with Crippen molar-refractivity contribution in [1.82, 2.24) is 9.80 Å². The molecule has 0 unspecified atom stereocenters. The van der Waals surface area contributed by atoms with Crippen LogP contribution in [-0.4, -0.2) is 61.6 Å². The molecule has 0 radical (unpaired) electrons. The van der Waals surface area contributed by atoms with E-state index in [1.165, 1.54) is 38.9 Å². The van der Waals surface area contributed by atoms with Crippen LogP contribution in [0, 0.1) is 0 Å². The van der Waals surface area contributed by atoms with Gasteiger partial charge in [0.15, 0.2) is 5.96 Å². The third kappa shape index (κ3) is 6.48. The molecule has 0 aromatic heterocycles. The lowest BCUT2D eigenvalue weighted by Crippen LogP contribution is -2.47. The SMILES string of the molecule is CCCCCN1CCN(CCN=C(N)N)CC1. The van der Waals surface area contributed by atoms with Gasteiger partial charge in [-0.25, -0.2) is 0 Å². The molecular weight excluding hydrogens is 214 g/mol. The minimum absolute atomic E-state index is 0.197. The minimum atomic E-state index is 0.197. The zero-order valence-corrected chi connectivity index (χ0v) is 11.1. The number of aliphatic imine (C=N–C) groups is 1. The monoisotopic (exact) mass is 241 g/mol. The molecule has 1 heterocycles. The van der Waals surface area contributed by atoms with E-state index >= 15 is 0 Å². The van der Waals surface area contributed by atoms with Crippen molar-refractivity contribution < 1.29 is 0 Å². The lowest BCUT2D eigenvalue weighted by atomic mass is 10.2. The third-order valence-corrected chi connectivity index (χ3v) is 3.25. The standard InChI is InChI=1S/C12H27N5/c1-2-3-4-6-16-8-10-17(11-9-16)7-5-15-12(13)14/h2-11H2,1H3,(H4,13,14,15). The highest BCUT2D eigenvalue weighted by molar-refractivity contribution is 5.75.